The fraction of sp³-hybridized carbons (Fsp3) is 0.150. The molecule has 0 aliphatic heterocycles. The Kier molecular flexibility index (Phi) is 5.49. The van der Waals surface area contributed by atoms with Crippen LogP contribution in [-0.4, -0.2) is 15.5 Å². The van der Waals surface area contributed by atoms with Gasteiger partial charge in [-0.15, -0.1) is 0 Å². The van der Waals surface area contributed by atoms with Gasteiger partial charge in [-0.3, -0.25) is 14.6 Å². The Morgan fingerprint density at radius 2 is 1.88 bits per heavy atom. The van der Waals surface area contributed by atoms with Gasteiger partial charge >= 0.3 is 0 Å². The summed E-state index contributed by atoms with van der Waals surface area (Å²) in [6, 6.07) is 13.8. The first-order valence-electron chi connectivity index (χ1n) is 8.19. The average molecular weight is 368 g/mol. The second-order valence-electron chi connectivity index (χ2n) is 5.95. The first kappa shape index (κ1) is 17.9. The highest BCUT2D eigenvalue weighted by Gasteiger charge is 2.13. The lowest BCUT2D eigenvalue weighted by atomic mass is 10.1. The fourth-order valence-electron chi connectivity index (χ4n) is 2.61. The predicted octanol–water partition coefficient (Wildman–Crippen LogP) is 3.44. The van der Waals surface area contributed by atoms with E-state index in [0.29, 0.717) is 17.1 Å². The number of pyridine rings is 2. The van der Waals surface area contributed by atoms with E-state index >= 15 is 0 Å². The van der Waals surface area contributed by atoms with Crippen molar-refractivity contribution >= 4 is 17.5 Å². The molecule has 0 bridgehead atoms. The highest BCUT2D eigenvalue weighted by molar-refractivity contribution is 6.31. The molecular weight excluding hydrogens is 350 g/mol. The van der Waals surface area contributed by atoms with Crippen molar-refractivity contribution in [3.8, 4) is 0 Å². The normalized spacial score (nSPS) is 11.8. The second-order valence-corrected chi connectivity index (χ2v) is 6.36. The molecule has 2 heterocycles. The van der Waals surface area contributed by atoms with Crippen LogP contribution in [0.15, 0.2) is 71.9 Å². The van der Waals surface area contributed by atoms with Crippen LogP contribution in [0.25, 0.3) is 0 Å². The predicted molar refractivity (Wildman–Crippen MR) is 101 cm³/mol. The van der Waals surface area contributed by atoms with E-state index in [1.807, 2.05) is 37.3 Å². The molecule has 132 valence electrons. The topological polar surface area (TPSA) is 64.0 Å². The molecule has 1 amide bonds. The van der Waals surface area contributed by atoms with Gasteiger partial charge in [0.25, 0.3) is 11.5 Å². The molecule has 6 heteroatoms. The van der Waals surface area contributed by atoms with Gasteiger partial charge in [0.15, 0.2) is 0 Å². The maximum atomic E-state index is 12.5. The number of nitrogens with zero attached hydrogens (tertiary/aromatic N) is 2. The largest absolute Gasteiger partial charge is 0.345 e. The van der Waals surface area contributed by atoms with Crippen molar-refractivity contribution in [1.82, 2.24) is 14.9 Å². The lowest BCUT2D eigenvalue weighted by Gasteiger charge is -2.15. The second kappa shape index (κ2) is 7.97. The number of carbonyl (C=O) groups excluding carboxylic acids is 1. The van der Waals surface area contributed by atoms with E-state index < -0.39 is 0 Å². The van der Waals surface area contributed by atoms with Crippen LogP contribution in [0.2, 0.25) is 5.02 Å². The third kappa shape index (κ3) is 4.18. The van der Waals surface area contributed by atoms with Crippen LogP contribution in [-0.2, 0) is 6.54 Å². The molecule has 3 aromatic rings. The van der Waals surface area contributed by atoms with E-state index in [1.54, 1.807) is 24.7 Å². The summed E-state index contributed by atoms with van der Waals surface area (Å²) in [4.78, 5) is 28.6. The van der Waals surface area contributed by atoms with Crippen molar-refractivity contribution in [2.75, 3.05) is 0 Å². The summed E-state index contributed by atoms with van der Waals surface area (Å²) in [5, 5.41) is 3.51. The average Bonchev–Trinajstić information content (AvgIpc) is 2.66. The zero-order chi connectivity index (χ0) is 18.5. The van der Waals surface area contributed by atoms with Crippen molar-refractivity contribution < 1.29 is 4.79 Å². The van der Waals surface area contributed by atoms with Crippen LogP contribution >= 0.6 is 11.6 Å². The van der Waals surface area contributed by atoms with E-state index in [1.165, 1.54) is 16.7 Å². The number of hydrogen-bond acceptors (Lipinski definition) is 3. The smallest absolute Gasteiger partial charge is 0.253 e. The van der Waals surface area contributed by atoms with Gasteiger partial charge in [0.2, 0.25) is 0 Å². The van der Waals surface area contributed by atoms with Crippen molar-refractivity contribution in [3.05, 3.63) is 99.2 Å². The minimum Gasteiger partial charge on any atom is -0.345 e. The molecule has 26 heavy (non-hydrogen) atoms. The first-order valence-corrected chi connectivity index (χ1v) is 8.57. The molecule has 1 unspecified atom stereocenters. The van der Waals surface area contributed by atoms with E-state index in [4.69, 9.17) is 11.6 Å². The van der Waals surface area contributed by atoms with E-state index in [-0.39, 0.29) is 17.5 Å². The molecule has 0 saturated carbocycles. The molecular formula is C20H18ClN3O2. The number of halogens is 1. The number of hydrogen-bond donors (Lipinski definition) is 1. The summed E-state index contributed by atoms with van der Waals surface area (Å²) in [5.74, 6) is -0.248. The van der Waals surface area contributed by atoms with Gasteiger partial charge in [-0.05, 0) is 42.3 Å². The Bertz CT molecular complexity index is 970. The zero-order valence-electron chi connectivity index (χ0n) is 14.2. The Morgan fingerprint density at radius 3 is 2.62 bits per heavy atom. The molecule has 3 rings (SSSR count). The molecule has 0 saturated heterocycles. The van der Waals surface area contributed by atoms with Crippen LogP contribution in [0.5, 0.6) is 0 Å². The quantitative estimate of drug-likeness (QED) is 0.751. The molecule has 1 aromatic carbocycles. The lowest BCUT2D eigenvalue weighted by Crippen LogP contribution is -2.29. The van der Waals surface area contributed by atoms with Gasteiger partial charge in [-0.25, -0.2) is 0 Å². The van der Waals surface area contributed by atoms with E-state index in [9.17, 15) is 9.59 Å². The molecule has 2 aromatic heterocycles. The van der Waals surface area contributed by atoms with Gasteiger partial charge in [0.1, 0.15) is 0 Å². The SMILES string of the molecule is CC(NC(=O)c1ccc(=O)n(Cc2ccccc2Cl)c1)c1ccncc1. The van der Waals surface area contributed by atoms with Gasteiger partial charge < -0.3 is 9.88 Å². The zero-order valence-corrected chi connectivity index (χ0v) is 15.0. The molecule has 0 spiro atoms. The number of benzene rings is 1. The summed E-state index contributed by atoms with van der Waals surface area (Å²) in [7, 11) is 0. The Labute approximate surface area is 156 Å². The standard InChI is InChI=1S/C20H18ClN3O2/c1-14(15-8-10-22-11-9-15)23-20(26)17-6-7-19(25)24(13-17)12-16-4-2-3-5-18(16)21/h2-11,13-14H,12H2,1H3,(H,23,26). The number of carbonyl (C=O) groups is 1. The lowest BCUT2D eigenvalue weighted by molar-refractivity contribution is 0.0939. The van der Waals surface area contributed by atoms with E-state index in [0.717, 1.165) is 11.1 Å². The van der Waals surface area contributed by atoms with Gasteiger partial charge in [0, 0.05) is 29.7 Å². The Balaban J connectivity index is 1.79. The molecule has 0 fully saturated rings. The van der Waals surface area contributed by atoms with E-state index in [2.05, 4.69) is 10.3 Å². The number of amides is 1. The minimum absolute atomic E-state index is 0.172. The Morgan fingerprint density at radius 1 is 1.15 bits per heavy atom. The summed E-state index contributed by atoms with van der Waals surface area (Å²) < 4.78 is 1.48. The van der Waals surface area contributed by atoms with Gasteiger partial charge in [-0.1, -0.05) is 29.8 Å². The molecule has 1 N–H and O–H groups in total. The number of nitrogens with one attached hydrogen (secondary N) is 1. The maximum absolute atomic E-state index is 12.5. The van der Waals surface area contributed by atoms with Crippen molar-refractivity contribution in [1.29, 1.82) is 0 Å². The highest BCUT2D eigenvalue weighted by atomic mass is 35.5. The van der Waals surface area contributed by atoms with Crippen LogP contribution in [0, 0.1) is 0 Å². The molecule has 0 radical (unpaired) electrons. The maximum Gasteiger partial charge on any atom is 0.253 e. The van der Waals surface area contributed by atoms with Gasteiger partial charge in [-0.2, -0.15) is 0 Å². The van der Waals surface area contributed by atoms with Gasteiger partial charge in [0.05, 0.1) is 18.2 Å². The summed E-state index contributed by atoms with van der Waals surface area (Å²) >= 11 is 6.17. The van der Waals surface area contributed by atoms with Crippen LogP contribution in [0.1, 0.15) is 34.5 Å². The molecule has 5 nitrogen and oxygen atoms in total. The summed E-state index contributed by atoms with van der Waals surface area (Å²) in [6.07, 6.45) is 4.92. The minimum atomic E-state index is -0.248. The fourth-order valence-corrected chi connectivity index (χ4v) is 2.81. The van der Waals surface area contributed by atoms with Crippen LogP contribution < -0.4 is 10.9 Å². The number of aromatic nitrogens is 2. The third-order valence-electron chi connectivity index (χ3n) is 4.10. The Hall–Kier alpha value is -2.92. The molecule has 1 atom stereocenters. The summed E-state index contributed by atoms with van der Waals surface area (Å²) in [6.45, 7) is 2.20. The van der Waals surface area contributed by atoms with Crippen molar-refractivity contribution in [2.45, 2.75) is 19.5 Å². The van der Waals surface area contributed by atoms with Crippen molar-refractivity contribution in [3.63, 3.8) is 0 Å². The summed E-state index contributed by atoms with van der Waals surface area (Å²) in [5.41, 5.74) is 2.00. The molecule has 0 aliphatic rings. The number of rotatable bonds is 5. The highest BCUT2D eigenvalue weighted by Crippen LogP contribution is 2.16. The molecule has 0 aliphatic carbocycles. The van der Waals surface area contributed by atoms with Crippen LogP contribution in [0.3, 0.4) is 0 Å². The van der Waals surface area contributed by atoms with Crippen molar-refractivity contribution in [2.24, 2.45) is 0 Å². The first-order chi connectivity index (χ1) is 12.5. The van der Waals surface area contributed by atoms with Crippen LogP contribution in [0.4, 0.5) is 0 Å². The monoisotopic (exact) mass is 367 g/mol. The third-order valence-corrected chi connectivity index (χ3v) is 4.47.